The average molecular weight is 350 g/mol. The Balaban J connectivity index is 1.51. The normalized spacial score (nSPS) is 10.0. The number of amides is 1. The Hall–Kier alpha value is -3.61. The Labute approximate surface area is 151 Å². The number of carbonyl (C=O) groups is 1. The lowest BCUT2D eigenvalue weighted by molar-refractivity contribution is -0.118. The van der Waals surface area contributed by atoms with Gasteiger partial charge < -0.3 is 20.1 Å². The van der Waals surface area contributed by atoms with Crippen LogP contribution in [0.15, 0.2) is 66.7 Å². The molecule has 0 spiro atoms. The lowest BCUT2D eigenvalue weighted by atomic mass is 10.3. The summed E-state index contributed by atoms with van der Waals surface area (Å²) in [5, 5.41) is 13.8. The number of aromatic nitrogens is 2. The number of nitrogens with one attached hydrogen (secondary N) is 2. The number of nitrogens with zero attached hydrogens (tertiary/aromatic N) is 2. The van der Waals surface area contributed by atoms with E-state index in [0.29, 0.717) is 17.4 Å². The second kappa shape index (κ2) is 8.48. The molecule has 0 aliphatic heterocycles. The molecule has 7 nitrogen and oxygen atoms in total. The van der Waals surface area contributed by atoms with E-state index in [2.05, 4.69) is 20.8 Å². The Kier molecular flexibility index (Phi) is 5.61. The van der Waals surface area contributed by atoms with Crippen LogP contribution in [0.3, 0.4) is 0 Å². The Bertz CT molecular complexity index is 837. The lowest BCUT2D eigenvalue weighted by Gasteiger charge is -2.08. The van der Waals surface area contributed by atoms with Crippen LogP contribution in [0.2, 0.25) is 0 Å². The molecule has 0 radical (unpaired) electrons. The summed E-state index contributed by atoms with van der Waals surface area (Å²) in [6.07, 6.45) is 0. The summed E-state index contributed by atoms with van der Waals surface area (Å²) in [5.74, 6) is 2.02. The molecule has 0 saturated carbocycles. The van der Waals surface area contributed by atoms with Gasteiger partial charge in [-0.2, -0.15) is 0 Å². The number of methoxy groups -OCH3 is 1. The number of hydrogen-bond donors (Lipinski definition) is 2. The summed E-state index contributed by atoms with van der Waals surface area (Å²) in [5.41, 5.74) is 0.855. The van der Waals surface area contributed by atoms with Gasteiger partial charge >= 0.3 is 0 Å². The third kappa shape index (κ3) is 4.94. The summed E-state index contributed by atoms with van der Waals surface area (Å²) in [7, 11) is 1.62. The van der Waals surface area contributed by atoms with Crippen LogP contribution in [-0.4, -0.2) is 29.8 Å². The summed E-state index contributed by atoms with van der Waals surface area (Å²) in [4.78, 5) is 11.9. The summed E-state index contributed by atoms with van der Waals surface area (Å²) in [6.45, 7) is -0.0997. The van der Waals surface area contributed by atoms with Crippen LogP contribution in [0.4, 0.5) is 17.3 Å². The minimum atomic E-state index is -0.306. The second-order valence-electron chi connectivity index (χ2n) is 5.31. The van der Waals surface area contributed by atoms with Crippen molar-refractivity contribution in [1.82, 2.24) is 10.2 Å². The molecule has 132 valence electrons. The first kappa shape index (κ1) is 17.2. The standard InChI is InChI=1S/C19H18N4O3/c1-25-15-9-7-14(8-10-15)20-17-11-12-18(23-22-17)21-19(24)13-26-16-5-3-2-4-6-16/h2-12H,13H2,1H3,(H,20,22)(H,21,23,24). The van der Waals surface area contributed by atoms with Gasteiger partial charge in [0.15, 0.2) is 18.2 Å². The maximum atomic E-state index is 11.9. The maximum Gasteiger partial charge on any atom is 0.263 e. The third-order valence-electron chi connectivity index (χ3n) is 3.41. The summed E-state index contributed by atoms with van der Waals surface area (Å²) >= 11 is 0. The third-order valence-corrected chi connectivity index (χ3v) is 3.41. The van der Waals surface area contributed by atoms with Crippen LogP contribution in [0.1, 0.15) is 0 Å². The molecule has 0 unspecified atom stereocenters. The molecule has 2 aromatic carbocycles. The van der Waals surface area contributed by atoms with Crippen LogP contribution in [-0.2, 0) is 4.79 Å². The predicted molar refractivity (Wildman–Crippen MR) is 98.9 cm³/mol. The first-order valence-corrected chi connectivity index (χ1v) is 7.95. The van der Waals surface area contributed by atoms with Crippen LogP contribution in [0.5, 0.6) is 11.5 Å². The average Bonchev–Trinajstić information content (AvgIpc) is 2.69. The monoisotopic (exact) mass is 350 g/mol. The number of ether oxygens (including phenoxy) is 2. The smallest absolute Gasteiger partial charge is 0.263 e. The largest absolute Gasteiger partial charge is 0.497 e. The van der Waals surface area contributed by atoms with E-state index < -0.39 is 0 Å². The molecule has 1 aromatic heterocycles. The van der Waals surface area contributed by atoms with E-state index in [1.807, 2.05) is 42.5 Å². The maximum absolute atomic E-state index is 11.9. The van der Waals surface area contributed by atoms with Gasteiger partial charge in [0.05, 0.1) is 7.11 Å². The topological polar surface area (TPSA) is 85.4 Å². The highest BCUT2D eigenvalue weighted by molar-refractivity contribution is 5.90. The summed E-state index contributed by atoms with van der Waals surface area (Å²) in [6, 6.07) is 20.0. The second-order valence-corrected chi connectivity index (χ2v) is 5.31. The van der Waals surface area contributed by atoms with Gasteiger partial charge in [-0.25, -0.2) is 0 Å². The molecule has 0 saturated heterocycles. The highest BCUT2D eigenvalue weighted by atomic mass is 16.5. The molecule has 7 heteroatoms. The fourth-order valence-corrected chi connectivity index (χ4v) is 2.13. The number of anilines is 3. The first-order valence-electron chi connectivity index (χ1n) is 7.95. The Morgan fingerprint density at radius 2 is 1.58 bits per heavy atom. The van der Waals surface area contributed by atoms with Crippen molar-refractivity contribution in [2.24, 2.45) is 0 Å². The van der Waals surface area contributed by atoms with Crippen LogP contribution < -0.4 is 20.1 Å². The van der Waals surface area contributed by atoms with Gasteiger partial charge in [-0.3, -0.25) is 4.79 Å². The molecule has 0 aliphatic carbocycles. The van der Waals surface area contributed by atoms with E-state index in [0.717, 1.165) is 11.4 Å². The molecule has 0 fully saturated rings. The fraction of sp³-hybridized carbons (Fsp3) is 0.105. The number of rotatable bonds is 7. The van der Waals surface area contributed by atoms with Crippen molar-refractivity contribution in [1.29, 1.82) is 0 Å². The van der Waals surface area contributed by atoms with Gasteiger partial charge in [0.2, 0.25) is 0 Å². The van der Waals surface area contributed by atoms with Crippen LogP contribution in [0, 0.1) is 0 Å². The quantitative estimate of drug-likeness (QED) is 0.680. The van der Waals surface area contributed by atoms with E-state index in [9.17, 15) is 4.79 Å². The van der Waals surface area contributed by atoms with Crippen LogP contribution >= 0.6 is 0 Å². The van der Waals surface area contributed by atoms with Gasteiger partial charge in [0.1, 0.15) is 11.5 Å². The molecule has 1 amide bonds. The van der Waals surface area contributed by atoms with Crippen molar-refractivity contribution < 1.29 is 14.3 Å². The molecule has 2 N–H and O–H groups in total. The zero-order valence-corrected chi connectivity index (χ0v) is 14.2. The zero-order chi connectivity index (χ0) is 18.2. The van der Waals surface area contributed by atoms with E-state index in [1.165, 1.54) is 0 Å². The predicted octanol–water partition coefficient (Wildman–Crippen LogP) is 3.25. The molecule has 3 rings (SSSR count). The lowest BCUT2D eigenvalue weighted by Crippen LogP contribution is -2.21. The number of carbonyl (C=O) groups excluding carboxylic acids is 1. The van der Waals surface area contributed by atoms with Crippen molar-refractivity contribution in [3.8, 4) is 11.5 Å². The number of hydrogen-bond acceptors (Lipinski definition) is 6. The number of benzene rings is 2. The van der Waals surface area contributed by atoms with E-state index in [-0.39, 0.29) is 12.5 Å². The highest BCUT2D eigenvalue weighted by Crippen LogP contribution is 2.18. The van der Waals surface area contributed by atoms with Crippen molar-refractivity contribution >= 4 is 23.2 Å². The van der Waals surface area contributed by atoms with E-state index in [4.69, 9.17) is 9.47 Å². The van der Waals surface area contributed by atoms with Gasteiger partial charge in [0, 0.05) is 5.69 Å². The van der Waals surface area contributed by atoms with E-state index in [1.54, 1.807) is 31.4 Å². The van der Waals surface area contributed by atoms with Crippen molar-refractivity contribution in [2.75, 3.05) is 24.4 Å². The molecule has 26 heavy (non-hydrogen) atoms. The molecule has 0 atom stereocenters. The number of para-hydroxylation sites is 1. The van der Waals surface area contributed by atoms with E-state index >= 15 is 0 Å². The van der Waals surface area contributed by atoms with Crippen molar-refractivity contribution in [3.63, 3.8) is 0 Å². The highest BCUT2D eigenvalue weighted by Gasteiger charge is 2.06. The molecule has 1 heterocycles. The van der Waals surface area contributed by atoms with Gasteiger partial charge in [0.25, 0.3) is 5.91 Å². The zero-order valence-electron chi connectivity index (χ0n) is 14.2. The minimum absolute atomic E-state index is 0.0997. The van der Waals surface area contributed by atoms with Crippen molar-refractivity contribution in [2.45, 2.75) is 0 Å². The SMILES string of the molecule is COc1ccc(Nc2ccc(NC(=O)COc3ccccc3)nn2)cc1. The molecule has 0 aliphatic rings. The molecule has 3 aromatic rings. The fourth-order valence-electron chi connectivity index (χ4n) is 2.13. The first-order chi connectivity index (χ1) is 12.7. The Morgan fingerprint density at radius 3 is 2.23 bits per heavy atom. The summed E-state index contributed by atoms with van der Waals surface area (Å²) < 4.78 is 10.5. The van der Waals surface area contributed by atoms with Crippen molar-refractivity contribution in [3.05, 3.63) is 66.7 Å². The molecular formula is C19H18N4O3. The molecular weight excluding hydrogens is 332 g/mol. The van der Waals surface area contributed by atoms with Gasteiger partial charge in [-0.1, -0.05) is 18.2 Å². The van der Waals surface area contributed by atoms with Gasteiger partial charge in [-0.15, -0.1) is 10.2 Å². The Morgan fingerprint density at radius 1 is 0.885 bits per heavy atom. The molecule has 0 bridgehead atoms. The van der Waals surface area contributed by atoms with Gasteiger partial charge in [-0.05, 0) is 48.5 Å². The van der Waals surface area contributed by atoms with Crippen LogP contribution in [0.25, 0.3) is 0 Å². The minimum Gasteiger partial charge on any atom is -0.497 e.